The fraction of sp³-hybridized carbons (Fsp3) is 0.133. The van der Waals surface area contributed by atoms with Gasteiger partial charge in [-0.15, -0.1) is 0 Å². The maximum atomic E-state index is 5.44. The zero-order valence-electron chi connectivity index (χ0n) is 10.2. The van der Waals surface area contributed by atoms with Crippen molar-refractivity contribution in [1.29, 1.82) is 0 Å². The molecule has 90 valence electrons. The monoisotopic (exact) mass is 238 g/mol. The van der Waals surface area contributed by atoms with Crippen LogP contribution in [0.25, 0.3) is 16.9 Å². The summed E-state index contributed by atoms with van der Waals surface area (Å²) in [6.45, 7) is 2.67. The molecule has 0 saturated carbocycles. The van der Waals surface area contributed by atoms with Crippen LogP contribution in [-0.4, -0.2) is 16.0 Å². The van der Waals surface area contributed by atoms with E-state index in [-0.39, 0.29) is 0 Å². The molecule has 0 amide bonds. The van der Waals surface area contributed by atoms with Crippen molar-refractivity contribution in [2.24, 2.45) is 0 Å². The zero-order chi connectivity index (χ0) is 12.4. The third-order valence-corrected chi connectivity index (χ3v) is 2.86. The molecule has 2 aromatic heterocycles. The first kappa shape index (κ1) is 10.8. The van der Waals surface area contributed by atoms with E-state index in [1.165, 1.54) is 0 Å². The van der Waals surface area contributed by atoms with Gasteiger partial charge in [-0.1, -0.05) is 6.07 Å². The molecular formula is C15H14N2O. The fourth-order valence-corrected chi connectivity index (χ4v) is 2.02. The first-order valence-electron chi connectivity index (χ1n) is 6.04. The minimum atomic E-state index is 0.686. The second-order valence-corrected chi connectivity index (χ2v) is 4.03. The topological polar surface area (TPSA) is 26.5 Å². The summed E-state index contributed by atoms with van der Waals surface area (Å²) in [6, 6.07) is 14.1. The molecule has 0 spiro atoms. The molecule has 0 radical (unpaired) electrons. The molecule has 1 aromatic carbocycles. The first-order valence-corrected chi connectivity index (χ1v) is 6.04. The summed E-state index contributed by atoms with van der Waals surface area (Å²) in [6.07, 6.45) is 3.90. The third kappa shape index (κ3) is 1.84. The van der Waals surface area contributed by atoms with E-state index in [1.807, 2.05) is 61.8 Å². The molecular weight excluding hydrogens is 224 g/mol. The standard InChI is InChI=1S/C15H14N2O/c1-2-18-14-8-6-12(7-9-14)15-16-11-13-5-3-4-10-17(13)15/h3-11H,2H2,1H3. The molecule has 0 aliphatic heterocycles. The molecule has 0 N–H and O–H groups in total. The van der Waals surface area contributed by atoms with Crippen LogP contribution in [0, 0.1) is 0 Å². The molecule has 3 rings (SSSR count). The highest BCUT2D eigenvalue weighted by Gasteiger charge is 2.05. The maximum Gasteiger partial charge on any atom is 0.144 e. The maximum absolute atomic E-state index is 5.44. The Morgan fingerprint density at radius 1 is 1.11 bits per heavy atom. The molecule has 0 fully saturated rings. The number of hydrogen-bond donors (Lipinski definition) is 0. The van der Waals surface area contributed by atoms with E-state index in [0.29, 0.717) is 6.61 Å². The number of imidazole rings is 1. The minimum Gasteiger partial charge on any atom is -0.494 e. The van der Waals surface area contributed by atoms with Gasteiger partial charge in [-0.3, -0.25) is 4.40 Å². The Morgan fingerprint density at radius 3 is 2.72 bits per heavy atom. The van der Waals surface area contributed by atoms with Crippen LogP contribution >= 0.6 is 0 Å². The fourth-order valence-electron chi connectivity index (χ4n) is 2.02. The van der Waals surface area contributed by atoms with Crippen molar-refractivity contribution in [3.63, 3.8) is 0 Å². The van der Waals surface area contributed by atoms with Crippen LogP contribution in [0.15, 0.2) is 54.9 Å². The zero-order valence-corrected chi connectivity index (χ0v) is 10.2. The molecule has 0 bridgehead atoms. The lowest BCUT2D eigenvalue weighted by molar-refractivity contribution is 0.340. The summed E-state index contributed by atoms with van der Waals surface area (Å²) in [5.74, 6) is 1.84. The van der Waals surface area contributed by atoms with E-state index in [0.717, 1.165) is 22.7 Å². The summed E-state index contributed by atoms with van der Waals surface area (Å²) in [5, 5.41) is 0. The van der Waals surface area contributed by atoms with Crippen LogP contribution in [0.3, 0.4) is 0 Å². The second-order valence-electron chi connectivity index (χ2n) is 4.03. The van der Waals surface area contributed by atoms with Gasteiger partial charge in [0.25, 0.3) is 0 Å². The summed E-state index contributed by atoms with van der Waals surface area (Å²) in [4.78, 5) is 4.46. The van der Waals surface area contributed by atoms with Gasteiger partial charge >= 0.3 is 0 Å². The average Bonchev–Trinajstić information content (AvgIpc) is 2.84. The highest BCUT2D eigenvalue weighted by Crippen LogP contribution is 2.22. The highest BCUT2D eigenvalue weighted by atomic mass is 16.5. The molecule has 0 aliphatic carbocycles. The van der Waals surface area contributed by atoms with Gasteiger partial charge in [-0.05, 0) is 43.3 Å². The Hall–Kier alpha value is -2.29. The Labute approximate surface area is 106 Å². The number of rotatable bonds is 3. The molecule has 3 nitrogen and oxygen atoms in total. The van der Waals surface area contributed by atoms with Crippen molar-refractivity contribution >= 4 is 5.52 Å². The van der Waals surface area contributed by atoms with Crippen LogP contribution in [0.1, 0.15) is 6.92 Å². The van der Waals surface area contributed by atoms with Gasteiger partial charge in [0.1, 0.15) is 11.6 Å². The lowest BCUT2D eigenvalue weighted by atomic mass is 10.2. The van der Waals surface area contributed by atoms with Crippen molar-refractivity contribution in [3.05, 3.63) is 54.9 Å². The molecule has 0 unspecified atom stereocenters. The number of nitrogens with zero attached hydrogens (tertiary/aromatic N) is 2. The van der Waals surface area contributed by atoms with Crippen molar-refractivity contribution in [1.82, 2.24) is 9.38 Å². The van der Waals surface area contributed by atoms with Gasteiger partial charge in [0.05, 0.1) is 18.3 Å². The summed E-state index contributed by atoms with van der Waals surface area (Å²) in [7, 11) is 0. The minimum absolute atomic E-state index is 0.686. The number of aromatic nitrogens is 2. The third-order valence-electron chi connectivity index (χ3n) is 2.86. The van der Waals surface area contributed by atoms with Crippen molar-refractivity contribution in [2.45, 2.75) is 6.92 Å². The van der Waals surface area contributed by atoms with Gasteiger partial charge in [0.2, 0.25) is 0 Å². The number of pyridine rings is 1. The van der Waals surface area contributed by atoms with E-state index in [4.69, 9.17) is 4.74 Å². The van der Waals surface area contributed by atoms with E-state index < -0.39 is 0 Å². The lowest BCUT2D eigenvalue weighted by Crippen LogP contribution is -1.92. The summed E-state index contributed by atoms with van der Waals surface area (Å²) < 4.78 is 7.52. The summed E-state index contributed by atoms with van der Waals surface area (Å²) >= 11 is 0. The molecule has 18 heavy (non-hydrogen) atoms. The SMILES string of the molecule is CCOc1ccc(-c2ncc3ccccn23)cc1. The van der Waals surface area contributed by atoms with Gasteiger partial charge in [0, 0.05) is 11.8 Å². The Kier molecular flexibility index (Phi) is 2.73. The van der Waals surface area contributed by atoms with Crippen LogP contribution in [0.4, 0.5) is 0 Å². The van der Waals surface area contributed by atoms with E-state index in [9.17, 15) is 0 Å². The van der Waals surface area contributed by atoms with E-state index >= 15 is 0 Å². The average molecular weight is 238 g/mol. The lowest BCUT2D eigenvalue weighted by Gasteiger charge is -2.04. The quantitative estimate of drug-likeness (QED) is 0.699. The highest BCUT2D eigenvalue weighted by molar-refractivity contribution is 5.62. The van der Waals surface area contributed by atoms with Crippen LogP contribution in [0.2, 0.25) is 0 Å². The second kappa shape index (κ2) is 4.53. The van der Waals surface area contributed by atoms with Crippen molar-refractivity contribution in [2.75, 3.05) is 6.61 Å². The molecule has 2 heterocycles. The smallest absolute Gasteiger partial charge is 0.144 e. The van der Waals surface area contributed by atoms with E-state index in [2.05, 4.69) is 9.38 Å². The summed E-state index contributed by atoms with van der Waals surface area (Å²) in [5.41, 5.74) is 2.19. The van der Waals surface area contributed by atoms with Gasteiger partial charge in [0.15, 0.2) is 0 Å². The predicted octanol–water partition coefficient (Wildman–Crippen LogP) is 3.40. The Morgan fingerprint density at radius 2 is 1.94 bits per heavy atom. The van der Waals surface area contributed by atoms with Crippen LogP contribution < -0.4 is 4.74 Å². The number of benzene rings is 1. The number of hydrogen-bond acceptors (Lipinski definition) is 2. The predicted molar refractivity (Wildman–Crippen MR) is 71.8 cm³/mol. The normalized spacial score (nSPS) is 10.7. The van der Waals surface area contributed by atoms with E-state index in [1.54, 1.807) is 0 Å². The Balaban J connectivity index is 2.03. The largest absolute Gasteiger partial charge is 0.494 e. The number of ether oxygens (including phenoxy) is 1. The van der Waals surface area contributed by atoms with Crippen molar-refractivity contribution < 1.29 is 4.74 Å². The molecule has 0 saturated heterocycles. The molecule has 0 aliphatic rings. The number of fused-ring (bicyclic) bond motifs is 1. The Bertz CT molecular complexity index is 656. The first-order chi connectivity index (χ1) is 8.88. The van der Waals surface area contributed by atoms with Crippen LogP contribution in [-0.2, 0) is 0 Å². The molecule has 3 aromatic rings. The van der Waals surface area contributed by atoms with Crippen molar-refractivity contribution in [3.8, 4) is 17.1 Å². The van der Waals surface area contributed by atoms with Gasteiger partial charge < -0.3 is 4.74 Å². The van der Waals surface area contributed by atoms with Gasteiger partial charge in [-0.2, -0.15) is 0 Å². The van der Waals surface area contributed by atoms with Gasteiger partial charge in [-0.25, -0.2) is 4.98 Å². The molecule has 0 atom stereocenters. The van der Waals surface area contributed by atoms with Crippen LogP contribution in [0.5, 0.6) is 5.75 Å². The molecule has 3 heteroatoms.